The quantitative estimate of drug-likeness (QED) is 0.846. The predicted octanol–water partition coefficient (Wildman–Crippen LogP) is 2.57. The minimum absolute atomic E-state index is 0.169. The Labute approximate surface area is 129 Å². The fraction of sp³-hybridized carbons (Fsp3) is 0.533. The number of ether oxygens (including phenoxy) is 2. The molecule has 6 heteroatoms. The second-order valence-corrected chi connectivity index (χ2v) is 5.63. The highest BCUT2D eigenvalue weighted by molar-refractivity contribution is 6.32. The van der Waals surface area contributed by atoms with Crippen LogP contribution in [-0.2, 0) is 9.53 Å². The summed E-state index contributed by atoms with van der Waals surface area (Å²) in [5, 5.41) is 3.19. The van der Waals surface area contributed by atoms with Crippen LogP contribution in [-0.4, -0.2) is 31.8 Å². The molecule has 3 N–H and O–H groups in total. The number of amides is 1. The number of nitrogens with two attached hydrogens (primary N) is 1. The average Bonchev–Trinajstić information content (AvgIpc) is 2.95. The van der Waals surface area contributed by atoms with Gasteiger partial charge in [-0.3, -0.25) is 4.79 Å². The Morgan fingerprint density at radius 1 is 1.48 bits per heavy atom. The van der Waals surface area contributed by atoms with Gasteiger partial charge in [-0.25, -0.2) is 0 Å². The van der Waals surface area contributed by atoms with E-state index in [4.69, 9.17) is 26.8 Å². The lowest BCUT2D eigenvalue weighted by molar-refractivity contribution is -0.118. The lowest BCUT2D eigenvalue weighted by atomic mass is 10.2. The number of hydrogen-bond donors (Lipinski definition) is 2. The summed E-state index contributed by atoms with van der Waals surface area (Å²) in [5.41, 5.74) is 6.25. The molecular formula is C15H21ClN2O3. The SMILES string of the molecule is COCC(N)C(=O)Nc1ccc(OC2CCCC2)c(Cl)c1. The third kappa shape index (κ3) is 4.59. The maximum Gasteiger partial charge on any atom is 0.243 e. The Bertz CT molecular complexity index is 490. The third-order valence-electron chi connectivity index (χ3n) is 3.48. The van der Waals surface area contributed by atoms with Gasteiger partial charge in [-0.1, -0.05) is 11.6 Å². The minimum Gasteiger partial charge on any atom is -0.489 e. The molecular weight excluding hydrogens is 292 g/mol. The highest BCUT2D eigenvalue weighted by Crippen LogP contribution is 2.31. The first-order valence-electron chi connectivity index (χ1n) is 7.11. The van der Waals surface area contributed by atoms with Gasteiger partial charge in [0.2, 0.25) is 5.91 Å². The van der Waals surface area contributed by atoms with E-state index in [9.17, 15) is 4.79 Å². The van der Waals surface area contributed by atoms with E-state index in [0.29, 0.717) is 16.5 Å². The molecule has 1 saturated carbocycles. The second-order valence-electron chi connectivity index (χ2n) is 5.22. The summed E-state index contributed by atoms with van der Waals surface area (Å²) in [6.07, 6.45) is 4.79. The number of hydrogen-bond acceptors (Lipinski definition) is 4. The number of halogens is 1. The number of anilines is 1. The summed E-state index contributed by atoms with van der Waals surface area (Å²) < 4.78 is 10.7. The van der Waals surface area contributed by atoms with Crippen LogP contribution in [0.5, 0.6) is 5.75 Å². The van der Waals surface area contributed by atoms with E-state index in [1.54, 1.807) is 18.2 Å². The van der Waals surface area contributed by atoms with Gasteiger partial charge in [-0.2, -0.15) is 0 Å². The van der Waals surface area contributed by atoms with E-state index in [2.05, 4.69) is 5.32 Å². The summed E-state index contributed by atoms with van der Waals surface area (Å²) in [5.74, 6) is 0.347. The smallest absolute Gasteiger partial charge is 0.243 e. The van der Waals surface area contributed by atoms with Crippen molar-refractivity contribution in [3.05, 3.63) is 23.2 Å². The highest BCUT2D eigenvalue weighted by Gasteiger charge is 2.18. The van der Waals surface area contributed by atoms with Crippen molar-refractivity contribution in [2.45, 2.75) is 37.8 Å². The number of rotatable bonds is 6. The molecule has 1 aromatic carbocycles. The van der Waals surface area contributed by atoms with Gasteiger partial charge in [-0.05, 0) is 43.9 Å². The van der Waals surface area contributed by atoms with E-state index >= 15 is 0 Å². The van der Waals surface area contributed by atoms with Crippen molar-refractivity contribution >= 4 is 23.2 Å². The van der Waals surface area contributed by atoms with E-state index < -0.39 is 6.04 Å². The summed E-state index contributed by atoms with van der Waals surface area (Å²) >= 11 is 6.20. The zero-order valence-corrected chi connectivity index (χ0v) is 12.9. The Morgan fingerprint density at radius 2 is 2.19 bits per heavy atom. The zero-order valence-electron chi connectivity index (χ0n) is 12.1. The summed E-state index contributed by atoms with van der Waals surface area (Å²) in [6, 6.07) is 4.50. The third-order valence-corrected chi connectivity index (χ3v) is 3.77. The largest absolute Gasteiger partial charge is 0.489 e. The molecule has 0 aromatic heterocycles. The van der Waals surface area contributed by atoms with Crippen LogP contribution in [0.25, 0.3) is 0 Å². The van der Waals surface area contributed by atoms with E-state index in [0.717, 1.165) is 12.8 Å². The number of nitrogens with one attached hydrogen (secondary N) is 1. The van der Waals surface area contributed by atoms with E-state index in [1.165, 1.54) is 20.0 Å². The van der Waals surface area contributed by atoms with Crippen LogP contribution in [0, 0.1) is 0 Å². The number of methoxy groups -OCH3 is 1. The molecule has 1 amide bonds. The standard InChI is InChI=1S/C15H21ClN2O3/c1-20-9-13(17)15(19)18-10-6-7-14(12(16)8-10)21-11-4-2-3-5-11/h6-8,11,13H,2-5,9,17H2,1H3,(H,18,19). The molecule has 1 unspecified atom stereocenters. The monoisotopic (exact) mass is 312 g/mol. The van der Waals surface area contributed by atoms with E-state index in [1.807, 2.05) is 0 Å². The normalized spacial score (nSPS) is 16.7. The van der Waals surface area contributed by atoms with Crippen molar-refractivity contribution in [1.82, 2.24) is 0 Å². The van der Waals surface area contributed by atoms with Crippen molar-refractivity contribution < 1.29 is 14.3 Å². The van der Waals surface area contributed by atoms with Crippen LogP contribution in [0.2, 0.25) is 5.02 Å². The molecule has 0 radical (unpaired) electrons. The molecule has 1 aromatic rings. The fourth-order valence-electron chi connectivity index (χ4n) is 2.35. The molecule has 21 heavy (non-hydrogen) atoms. The molecule has 2 rings (SSSR count). The van der Waals surface area contributed by atoms with Gasteiger partial charge in [0.25, 0.3) is 0 Å². The Kier molecular flexibility index (Phi) is 5.85. The van der Waals surface area contributed by atoms with Gasteiger partial charge in [0, 0.05) is 12.8 Å². The Hall–Kier alpha value is -1.30. The van der Waals surface area contributed by atoms with Crippen LogP contribution in [0.4, 0.5) is 5.69 Å². The number of carbonyl (C=O) groups excluding carboxylic acids is 1. The topological polar surface area (TPSA) is 73.6 Å². The highest BCUT2D eigenvalue weighted by atomic mass is 35.5. The molecule has 5 nitrogen and oxygen atoms in total. The average molecular weight is 313 g/mol. The maximum absolute atomic E-state index is 11.8. The van der Waals surface area contributed by atoms with Gasteiger partial charge in [0.1, 0.15) is 11.8 Å². The number of carbonyl (C=O) groups is 1. The van der Waals surface area contributed by atoms with Crippen molar-refractivity contribution in [2.24, 2.45) is 5.73 Å². The molecule has 0 saturated heterocycles. The minimum atomic E-state index is -0.705. The first kappa shape index (κ1) is 16.1. The molecule has 0 aliphatic heterocycles. The maximum atomic E-state index is 11.8. The number of benzene rings is 1. The van der Waals surface area contributed by atoms with Crippen LogP contribution < -0.4 is 15.8 Å². The van der Waals surface area contributed by atoms with E-state index in [-0.39, 0.29) is 18.6 Å². The predicted molar refractivity (Wildman–Crippen MR) is 82.8 cm³/mol. The molecule has 1 atom stereocenters. The van der Waals surface area contributed by atoms with Crippen molar-refractivity contribution in [1.29, 1.82) is 0 Å². The van der Waals surface area contributed by atoms with Gasteiger partial charge >= 0.3 is 0 Å². The lowest BCUT2D eigenvalue weighted by Crippen LogP contribution is -2.39. The Balaban J connectivity index is 1.96. The van der Waals surface area contributed by atoms with Crippen LogP contribution in [0.3, 0.4) is 0 Å². The lowest BCUT2D eigenvalue weighted by Gasteiger charge is -2.16. The molecule has 0 bridgehead atoms. The fourth-order valence-corrected chi connectivity index (χ4v) is 2.58. The van der Waals surface area contributed by atoms with Crippen LogP contribution in [0.1, 0.15) is 25.7 Å². The molecule has 0 heterocycles. The van der Waals surface area contributed by atoms with Gasteiger partial charge in [0.05, 0.1) is 17.7 Å². The Morgan fingerprint density at radius 3 is 2.81 bits per heavy atom. The summed E-state index contributed by atoms with van der Waals surface area (Å²) in [7, 11) is 1.50. The van der Waals surface area contributed by atoms with Gasteiger partial charge in [-0.15, -0.1) is 0 Å². The first-order valence-corrected chi connectivity index (χ1v) is 7.49. The summed E-state index contributed by atoms with van der Waals surface area (Å²) in [6.45, 7) is 0.169. The molecule has 116 valence electrons. The van der Waals surface area contributed by atoms with Crippen molar-refractivity contribution in [3.63, 3.8) is 0 Å². The van der Waals surface area contributed by atoms with Crippen LogP contribution in [0.15, 0.2) is 18.2 Å². The van der Waals surface area contributed by atoms with Crippen LogP contribution >= 0.6 is 11.6 Å². The van der Waals surface area contributed by atoms with Gasteiger partial charge in [0.15, 0.2) is 0 Å². The molecule has 1 aliphatic rings. The summed E-state index contributed by atoms with van der Waals surface area (Å²) in [4.78, 5) is 11.8. The second kappa shape index (κ2) is 7.64. The first-order chi connectivity index (χ1) is 10.1. The molecule has 0 spiro atoms. The molecule has 1 fully saturated rings. The zero-order chi connectivity index (χ0) is 15.2. The van der Waals surface area contributed by atoms with Crippen molar-refractivity contribution in [2.75, 3.05) is 19.0 Å². The van der Waals surface area contributed by atoms with Crippen molar-refractivity contribution in [3.8, 4) is 5.75 Å². The van der Waals surface area contributed by atoms with Gasteiger partial charge < -0.3 is 20.5 Å². The molecule has 1 aliphatic carbocycles.